The summed E-state index contributed by atoms with van der Waals surface area (Å²) in [6.07, 6.45) is 8.78. The van der Waals surface area contributed by atoms with E-state index in [-0.39, 0.29) is 5.54 Å². The van der Waals surface area contributed by atoms with Crippen LogP contribution in [0.1, 0.15) is 44.0 Å². The van der Waals surface area contributed by atoms with E-state index in [2.05, 4.69) is 22.6 Å². The van der Waals surface area contributed by atoms with Crippen LogP contribution < -0.4 is 5.32 Å². The van der Waals surface area contributed by atoms with Crippen molar-refractivity contribution in [2.45, 2.75) is 44.6 Å². The van der Waals surface area contributed by atoms with Crippen LogP contribution in [0.3, 0.4) is 0 Å². The molecule has 0 aromatic carbocycles. The van der Waals surface area contributed by atoms with E-state index in [0.717, 1.165) is 18.4 Å². The molecule has 0 radical (unpaired) electrons. The lowest BCUT2D eigenvalue weighted by atomic mass is 9.81. The Morgan fingerprint density at radius 3 is 3.06 bits per heavy atom. The molecule has 3 heteroatoms. The average molecular weight is 236 g/mol. The predicted octanol–water partition coefficient (Wildman–Crippen LogP) is 3.16. The van der Waals surface area contributed by atoms with E-state index in [0.29, 0.717) is 0 Å². The van der Waals surface area contributed by atoms with Crippen LogP contribution in [0.4, 0.5) is 0 Å². The Morgan fingerprint density at radius 2 is 2.50 bits per heavy atom. The Morgan fingerprint density at radius 1 is 1.56 bits per heavy atom. The fraction of sp³-hybridized carbons (Fsp3) is 0.769. The van der Waals surface area contributed by atoms with Gasteiger partial charge in [-0.3, -0.25) is 0 Å². The third-order valence-corrected chi connectivity index (χ3v) is 5.30. The van der Waals surface area contributed by atoms with Gasteiger partial charge in [0.1, 0.15) is 5.01 Å². The van der Waals surface area contributed by atoms with Crippen LogP contribution in [0.15, 0.2) is 11.6 Å². The van der Waals surface area contributed by atoms with E-state index in [1.807, 2.05) is 17.5 Å². The Kier molecular flexibility index (Phi) is 2.76. The minimum Gasteiger partial charge on any atom is -0.305 e. The maximum absolute atomic E-state index is 4.60. The van der Waals surface area contributed by atoms with E-state index >= 15 is 0 Å². The zero-order chi connectivity index (χ0) is 11.0. The predicted molar refractivity (Wildman–Crippen MR) is 67.5 cm³/mol. The van der Waals surface area contributed by atoms with Crippen LogP contribution >= 0.6 is 11.3 Å². The number of nitrogens with one attached hydrogen (secondary N) is 1. The number of thiazole rings is 1. The molecule has 0 amide bonds. The summed E-state index contributed by atoms with van der Waals surface area (Å²) < 4.78 is 0. The lowest BCUT2D eigenvalue weighted by molar-refractivity contribution is 0.210. The quantitative estimate of drug-likeness (QED) is 0.868. The molecule has 2 aliphatic carbocycles. The Balaban J connectivity index is 1.89. The lowest BCUT2D eigenvalue weighted by Gasteiger charge is -2.37. The molecule has 2 nitrogen and oxygen atoms in total. The first-order valence-corrected chi connectivity index (χ1v) is 7.38. The monoisotopic (exact) mass is 236 g/mol. The molecule has 1 heterocycles. The van der Waals surface area contributed by atoms with Crippen LogP contribution in [0, 0.1) is 11.8 Å². The van der Waals surface area contributed by atoms with Crippen LogP contribution in [0.25, 0.3) is 0 Å². The maximum atomic E-state index is 4.60. The second kappa shape index (κ2) is 4.11. The summed E-state index contributed by atoms with van der Waals surface area (Å²) in [5.74, 6) is 1.80. The van der Waals surface area contributed by atoms with Crippen molar-refractivity contribution in [1.82, 2.24) is 10.3 Å². The molecule has 0 saturated heterocycles. The Bertz CT molecular complexity index is 349. The minimum atomic E-state index is 0.243. The highest BCUT2D eigenvalue weighted by molar-refractivity contribution is 7.09. The van der Waals surface area contributed by atoms with Crippen molar-refractivity contribution in [1.29, 1.82) is 0 Å². The molecule has 3 atom stereocenters. The minimum absolute atomic E-state index is 0.243. The van der Waals surface area contributed by atoms with Crippen molar-refractivity contribution < 1.29 is 0 Å². The first-order chi connectivity index (χ1) is 7.85. The molecule has 1 aromatic heterocycles. The number of fused-ring (bicyclic) bond motifs is 2. The summed E-state index contributed by atoms with van der Waals surface area (Å²) in [7, 11) is 0. The molecule has 2 fully saturated rings. The molecule has 0 spiro atoms. The Labute approximate surface area is 101 Å². The van der Waals surface area contributed by atoms with Crippen molar-refractivity contribution in [3.8, 4) is 0 Å². The number of hydrogen-bond donors (Lipinski definition) is 1. The zero-order valence-electron chi connectivity index (χ0n) is 9.91. The summed E-state index contributed by atoms with van der Waals surface area (Å²) in [6.45, 7) is 3.37. The van der Waals surface area contributed by atoms with Crippen molar-refractivity contribution >= 4 is 11.3 Å². The molecule has 3 unspecified atom stereocenters. The fourth-order valence-corrected chi connectivity index (χ4v) is 4.58. The van der Waals surface area contributed by atoms with E-state index in [4.69, 9.17) is 0 Å². The van der Waals surface area contributed by atoms with Crippen LogP contribution in [-0.4, -0.2) is 11.5 Å². The number of hydrogen-bond acceptors (Lipinski definition) is 3. The van der Waals surface area contributed by atoms with Crippen LogP contribution in [0.2, 0.25) is 0 Å². The molecule has 3 rings (SSSR count). The SMILES string of the molecule is CCCNC1(c2nccs2)CC2CCC1C2. The van der Waals surface area contributed by atoms with Gasteiger partial charge in [0, 0.05) is 11.6 Å². The van der Waals surface area contributed by atoms with E-state index in [1.165, 1.54) is 37.1 Å². The maximum Gasteiger partial charge on any atom is 0.113 e. The van der Waals surface area contributed by atoms with E-state index in [1.54, 1.807) is 0 Å². The second-order valence-corrected chi connectivity index (χ2v) is 6.21. The normalized spacial score (nSPS) is 37.1. The molecule has 2 saturated carbocycles. The highest BCUT2D eigenvalue weighted by Crippen LogP contribution is 2.55. The second-order valence-electron chi connectivity index (χ2n) is 5.32. The van der Waals surface area contributed by atoms with Gasteiger partial charge < -0.3 is 5.32 Å². The third-order valence-electron chi connectivity index (χ3n) is 4.35. The van der Waals surface area contributed by atoms with Gasteiger partial charge in [0.15, 0.2) is 0 Å². The molecule has 2 bridgehead atoms. The van der Waals surface area contributed by atoms with Crippen molar-refractivity contribution in [3.63, 3.8) is 0 Å². The first-order valence-electron chi connectivity index (χ1n) is 6.50. The van der Waals surface area contributed by atoms with Gasteiger partial charge in [0.25, 0.3) is 0 Å². The van der Waals surface area contributed by atoms with E-state index < -0.39 is 0 Å². The van der Waals surface area contributed by atoms with Crippen molar-refractivity contribution in [2.75, 3.05) is 6.54 Å². The summed E-state index contributed by atoms with van der Waals surface area (Å²) in [4.78, 5) is 4.60. The van der Waals surface area contributed by atoms with Crippen LogP contribution in [0.5, 0.6) is 0 Å². The van der Waals surface area contributed by atoms with Gasteiger partial charge in [-0.2, -0.15) is 0 Å². The molecule has 1 N–H and O–H groups in total. The standard InChI is InChI=1S/C13H20N2S/c1-2-5-15-13(12-14-6-7-16-12)9-10-3-4-11(13)8-10/h6-7,10-11,15H,2-5,8-9H2,1H3. The third kappa shape index (κ3) is 1.52. The zero-order valence-corrected chi connectivity index (χ0v) is 10.7. The molecule has 2 aliphatic rings. The van der Waals surface area contributed by atoms with Gasteiger partial charge in [-0.25, -0.2) is 4.98 Å². The van der Waals surface area contributed by atoms with Gasteiger partial charge in [-0.15, -0.1) is 11.3 Å². The molecule has 16 heavy (non-hydrogen) atoms. The van der Waals surface area contributed by atoms with Crippen molar-refractivity contribution in [2.24, 2.45) is 11.8 Å². The van der Waals surface area contributed by atoms with Gasteiger partial charge in [-0.1, -0.05) is 13.3 Å². The van der Waals surface area contributed by atoms with Gasteiger partial charge >= 0.3 is 0 Å². The highest BCUT2D eigenvalue weighted by atomic mass is 32.1. The summed E-state index contributed by atoms with van der Waals surface area (Å²) >= 11 is 1.84. The molecule has 0 aliphatic heterocycles. The summed E-state index contributed by atoms with van der Waals surface area (Å²) in [5.41, 5.74) is 0.243. The number of rotatable bonds is 4. The molecular weight excluding hydrogens is 216 g/mol. The van der Waals surface area contributed by atoms with Gasteiger partial charge in [-0.05, 0) is 44.1 Å². The average Bonchev–Trinajstić information content (AvgIpc) is 3.01. The van der Waals surface area contributed by atoms with Crippen molar-refractivity contribution in [3.05, 3.63) is 16.6 Å². The Hall–Kier alpha value is -0.410. The summed E-state index contributed by atoms with van der Waals surface area (Å²) in [6, 6.07) is 0. The van der Waals surface area contributed by atoms with Gasteiger partial charge in [0.2, 0.25) is 0 Å². The van der Waals surface area contributed by atoms with Crippen LogP contribution in [-0.2, 0) is 5.54 Å². The molecule has 88 valence electrons. The van der Waals surface area contributed by atoms with Gasteiger partial charge in [0.05, 0.1) is 5.54 Å². The number of nitrogens with zero attached hydrogens (tertiary/aromatic N) is 1. The lowest BCUT2D eigenvalue weighted by Crippen LogP contribution is -2.47. The smallest absolute Gasteiger partial charge is 0.113 e. The fourth-order valence-electron chi connectivity index (χ4n) is 3.68. The summed E-state index contributed by atoms with van der Waals surface area (Å²) in [5, 5.41) is 7.29. The largest absolute Gasteiger partial charge is 0.305 e. The topological polar surface area (TPSA) is 24.9 Å². The first kappa shape index (κ1) is 10.7. The molecule has 1 aromatic rings. The molecular formula is C13H20N2S. The number of aromatic nitrogens is 1. The van der Waals surface area contributed by atoms with E-state index in [9.17, 15) is 0 Å². The highest BCUT2D eigenvalue weighted by Gasteiger charge is 2.52.